The number of halogens is 3. The molecule has 0 fully saturated rings. The quantitative estimate of drug-likeness (QED) is 0.152. The first-order chi connectivity index (χ1) is 18.7. The highest BCUT2D eigenvalue weighted by atomic mass is 32.2. The van der Waals surface area contributed by atoms with Crippen LogP contribution in [0.3, 0.4) is 0 Å². The molecule has 0 bridgehead atoms. The third-order valence-corrected chi connectivity index (χ3v) is 7.02. The number of nitrogens with zero attached hydrogens (tertiary/aromatic N) is 1. The molecule has 39 heavy (non-hydrogen) atoms. The van der Waals surface area contributed by atoms with E-state index in [1.165, 1.54) is 24.3 Å². The topological polar surface area (TPSA) is 46.6 Å². The molecule has 0 saturated heterocycles. The number of anilines is 3. The van der Waals surface area contributed by atoms with Crippen LogP contribution < -0.4 is 9.08 Å². The van der Waals surface area contributed by atoms with Crippen LogP contribution >= 0.6 is 0 Å². The van der Waals surface area contributed by atoms with E-state index in [9.17, 15) is 21.6 Å². The second kappa shape index (κ2) is 10.7. The third kappa shape index (κ3) is 5.51. The van der Waals surface area contributed by atoms with Crippen molar-refractivity contribution in [2.24, 2.45) is 0 Å². The van der Waals surface area contributed by atoms with Gasteiger partial charge in [0.15, 0.2) is 0 Å². The summed E-state index contributed by atoms with van der Waals surface area (Å²) in [4.78, 5) is 1.99. The molecule has 0 heterocycles. The number of benzene rings is 5. The van der Waals surface area contributed by atoms with Gasteiger partial charge in [0.05, 0.1) is 11.4 Å². The van der Waals surface area contributed by atoms with E-state index < -0.39 is 21.4 Å². The largest absolute Gasteiger partial charge is 0.534 e. The summed E-state index contributed by atoms with van der Waals surface area (Å²) in [6.07, 6.45) is 0. The first-order valence-corrected chi connectivity index (χ1v) is 13.4. The van der Waals surface area contributed by atoms with Crippen molar-refractivity contribution in [1.82, 2.24) is 0 Å². The van der Waals surface area contributed by atoms with Crippen molar-refractivity contribution >= 4 is 27.2 Å². The zero-order chi connectivity index (χ0) is 27.5. The summed E-state index contributed by atoms with van der Waals surface area (Å²) in [5.74, 6) is -0.441. The van der Waals surface area contributed by atoms with E-state index in [1.807, 2.05) is 114 Å². The van der Waals surface area contributed by atoms with Gasteiger partial charge in [-0.1, -0.05) is 97.1 Å². The lowest BCUT2D eigenvalue weighted by Crippen LogP contribution is -2.28. The summed E-state index contributed by atoms with van der Waals surface area (Å²) >= 11 is 0. The lowest BCUT2D eigenvalue weighted by molar-refractivity contribution is -0.0500. The molecule has 0 aliphatic carbocycles. The normalized spacial score (nSPS) is 11.7. The molecule has 0 aromatic heterocycles. The van der Waals surface area contributed by atoms with Gasteiger partial charge in [0.25, 0.3) is 0 Å². The highest BCUT2D eigenvalue weighted by molar-refractivity contribution is 7.88. The van der Waals surface area contributed by atoms with Crippen molar-refractivity contribution in [3.8, 4) is 28.0 Å². The van der Waals surface area contributed by atoms with E-state index >= 15 is 0 Å². The van der Waals surface area contributed by atoms with Gasteiger partial charge in [0, 0.05) is 16.8 Å². The molecule has 0 aliphatic rings. The van der Waals surface area contributed by atoms with E-state index in [-0.39, 0.29) is 0 Å². The molecule has 5 rings (SSSR count). The van der Waals surface area contributed by atoms with Crippen LogP contribution in [0.15, 0.2) is 133 Å². The molecule has 196 valence electrons. The van der Waals surface area contributed by atoms with Gasteiger partial charge >= 0.3 is 15.6 Å². The van der Waals surface area contributed by atoms with Crippen LogP contribution in [0.25, 0.3) is 22.3 Å². The van der Waals surface area contributed by atoms with Crippen molar-refractivity contribution in [3.05, 3.63) is 133 Å². The van der Waals surface area contributed by atoms with Gasteiger partial charge in [-0.2, -0.15) is 21.6 Å². The van der Waals surface area contributed by atoms with Crippen LogP contribution in [-0.4, -0.2) is 13.9 Å². The molecule has 5 aromatic rings. The number of para-hydroxylation sites is 2. The van der Waals surface area contributed by atoms with E-state index in [2.05, 4.69) is 4.18 Å². The predicted molar refractivity (Wildman–Crippen MR) is 148 cm³/mol. The van der Waals surface area contributed by atoms with Crippen LogP contribution in [-0.2, 0) is 10.1 Å². The Morgan fingerprint density at radius 2 is 0.949 bits per heavy atom. The second-order valence-electron chi connectivity index (χ2n) is 8.58. The number of hydrogen-bond donors (Lipinski definition) is 0. The van der Waals surface area contributed by atoms with Crippen molar-refractivity contribution in [3.63, 3.8) is 0 Å². The first-order valence-electron chi connectivity index (χ1n) is 11.9. The van der Waals surface area contributed by atoms with E-state index in [0.29, 0.717) is 5.69 Å². The monoisotopic (exact) mass is 545 g/mol. The molecule has 0 N–H and O–H groups in total. The minimum absolute atomic E-state index is 0.441. The van der Waals surface area contributed by atoms with E-state index in [0.717, 1.165) is 33.6 Å². The Morgan fingerprint density at radius 1 is 0.538 bits per heavy atom. The van der Waals surface area contributed by atoms with Gasteiger partial charge in [-0.05, 0) is 47.5 Å². The van der Waals surface area contributed by atoms with Gasteiger partial charge in [0.2, 0.25) is 0 Å². The lowest BCUT2D eigenvalue weighted by atomic mass is 9.99. The maximum absolute atomic E-state index is 12.9. The Labute approximate surface area is 224 Å². The van der Waals surface area contributed by atoms with Crippen molar-refractivity contribution < 1.29 is 25.8 Å². The Hall–Kier alpha value is -4.56. The highest BCUT2D eigenvalue weighted by Crippen LogP contribution is 2.44. The zero-order valence-electron chi connectivity index (χ0n) is 20.4. The second-order valence-corrected chi connectivity index (χ2v) is 10.1. The van der Waals surface area contributed by atoms with Gasteiger partial charge < -0.3 is 9.08 Å². The van der Waals surface area contributed by atoms with Gasteiger partial charge in [-0.15, -0.1) is 0 Å². The molecule has 0 atom stereocenters. The van der Waals surface area contributed by atoms with Gasteiger partial charge in [-0.3, -0.25) is 0 Å². The van der Waals surface area contributed by atoms with Crippen LogP contribution in [0.4, 0.5) is 30.2 Å². The van der Waals surface area contributed by atoms with E-state index in [4.69, 9.17) is 0 Å². The van der Waals surface area contributed by atoms with Gasteiger partial charge in [0.1, 0.15) is 5.75 Å². The molecule has 8 heteroatoms. The molecule has 0 unspecified atom stereocenters. The number of hydrogen-bond acceptors (Lipinski definition) is 4. The Kier molecular flexibility index (Phi) is 7.13. The molecular weight excluding hydrogens is 523 g/mol. The maximum atomic E-state index is 12.9. The molecule has 5 aromatic carbocycles. The van der Waals surface area contributed by atoms with Crippen LogP contribution in [0.2, 0.25) is 0 Å². The highest BCUT2D eigenvalue weighted by Gasteiger charge is 2.48. The maximum Gasteiger partial charge on any atom is 0.534 e. The smallest absolute Gasteiger partial charge is 0.376 e. The summed E-state index contributed by atoms with van der Waals surface area (Å²) in [6, 6.07) is 40.7. The Morgan fingerprint density at radius 3 is 1.38 bits per heavy atom. The SMILES string of the molecule is O=S(=O)(Oc1ccc(N(c2ccccc2-c2ccccc2)c2ccccc2-c2ccccc2)cc1)C(F)(F)F. The zero-order valence-corrected chi connectivity index (χ0v) is 21.2. The average Bonchev–Trinajstić information content (AvgIpc) is 2.95. The molecule has 4 nitrogen and oxygen atoms in total. The molecule has 0 spiro atoms. The van der Waals surface area contributed by atoms with Gasteiger partial charge in [-0.25, -0.2) is 0 Å². The van der Waals surface area contributed by atoms with Crippen LogP contribution in [0.5, 0.6) is 5.75 Å². The average molecular weight is 546 g/mol. The van der Waals surface area contributed by atoms with Crippen molar-refractivity contribution in [2.75, 3.05) is 4.90 Å². The first kappa shape index (κ1) is 26.1. The summed E-state index contributed by atoms with van der Waals surface area (Å²) in [5, 5.41) is 0. The van der Waals surface area contributed by atoms with Crippen molar-refractivity contribution in [2.45, 2.75) is 5.51 Å². The lowest BCUT2D eigenvalue weighted by Gasteiger charge is -2.30. The minimum Gasteiger partial charge on any atom is -0.376 e. The fourth-order valence-corrected chi connectivity index (χ4v) is 4.75. The molecule has 0 saturated carbocycles. The fraction of sp³-hybridized carbons (Fsp3) is 0.0323. The number of alkyl halides is 3. The Balaban J connectivity index is 1.68. The summed E-state index contributed by atoms with van der Waals surface area (Å²) in [7, 11) is -5.79. The van der Waals surface area contributed by atoms with E-state index in [1.54, 1.807) is 0 Å². The number of rotatable bonds is 7. The van der Waals surface area contributed by atoms with Crippen molar-refractivity contribution in [1.29, 1.82) is 0 Å². The molecule has 0 radical (unpaired) electrons. The molecule has 0 amide bonds. The molecular formula is C31H22F3NO3S. The summed E-state index contributed by atoms with van der Waals surface area (Å²) < 4.78 is 66.0. The van der Waals surface area contributed by atoms with Crippen LogP contribution in [0, 0.1) is 0 Å². The predicted octanol–water partition coefficient (Wildman–Crippen LogP) is 8.72. The molecule has 0 aliphatic heterocycles. The third-order valence-electron chi connectivity index (χ3n) is 6.04. The van der Waals surface area contributed by atoms with Crippen LogP contribution in [0.1, 0.15) is 0 Å². The summed E-state index contributed by atoms with van der Waals surface area (Å²) in [5.41, 5.74) is 0.534. The standard InChI is InChI=1S/C31H22F3NO3S/c32-31(33,34)39(36,37)38-26-21-19-25(20-22-26)35(29-17-9-7-15-27(29)23-11-3-1-4-12-23)30-18-10-8-16-28(30)24-13-5-2-6-14-24/h1-22H. The fourth-order valence-electron chi connectivity index (χ4n) is 4.29. The Bertz CT molecular complexity index is 1590. The minimum atomic E-state index is -5.79. The summed E-state index contributed by atoms with van der Waals surface area (Å²) in [6.45, 7) is 0.